The Morgan fingerprint density at radius 3 is 2.46 bits per heavy atom. The molecule has 0 aromatic heterocycles. The molecule has 2 rings (SSSR count). The number of amides is 1. The highest BCUT2D eigenvalue weighted by molar-refractivity contribution is 6.00. The molecule has 0 unspecified atom stereocenters. The van der Waals surface area contributed by atoms with Gasteiger partial charge in [-0.2, -0.15) is 5.26 Å². The highest BCUT2D eigenvalue weighted by atomic mass is 16.6. The molecule has 0 aliphatic carbocycles. The highest BCUT2D eigenvalue weighted by Gasteiger charge is 2.14. The molecule has 2 aromatic rings. The van der Waals surface area contributed by atoms with E-state index in [2.05, 4.69) is 0 Å². The number of nitriles is 1. The Kier molecular flexibility index (Phi) is 5.96. The molecule has 0 saturated heterocycles. The van der Waals surface area contributed by atoms with Gasteiger partial charge in [-0.15, -0.1) is 0 Å². The Hall–Kier alpha value is -3.79. The van der Waals surface area contributed by atoms with E-state index in [-0.39, 0.29) is 17.1 Å². The van der Waals surface area contributed by atoms with Gasteiger partial charge < -0.3 is 19.9 Å². The normalized spacial score (nSPS) is 10.6. The van der Waals surface area contributed by atoms with Crippen molar-refractivity contribution in [2.24, 2.45) is 5.73 Å². The maximum atomic E-state index is 12.3. The van der Waals surface area contributed by atoms with Crippen molar-refractivity contribution in [1.29, 1.82) is 5.26 Å². The van der Waals surface area contributed by atoms with Gasteiger partial charge in [-0.1, -0.05) is 12.1 Å². The van der Waals surface area contributed by atoms with Gasteiger partial charge >= 0.3 is 5.97 Å². The molecule has 0 spiro atoms. The number of benzene rings is 2. The van der Waals surface area contributed by atoms with Crippen LogP contribution in [-0.2, 0) is 4.79 Å². The molecule has 7 heteroatoms. The van der Waals surface area contributed by atoms with E-state index in [9.17, 15) is 9.59 Å². The zero-order valence-corrected chi connectivity index (χ0v) is 14.2. The van der Waals surface area contributed by atoms with E-state index in [1.54, 1.807) is 36.4 Å². The maximum Gasteiger partial charge on any atom is 0.343 e. The molecule has 0 heterocycles. The first-order chi connectivity index (χ1) is 12.5. The van der Waals surface area contributed by atoms with Crippen LogP contribution in [0.2, 0.25) is 0 Å². The first-order valence-corrected chi connectivity index (χ1v) is 7.44. The van der Waals surface area contributed by atoms with E-state index in [1.165, 1.54) is 32.4 Å². The number of carbonyl (C=O) groups excluding carboxylic acids is 2. The molecule has 0 saturated carbocycles. The SMILES string of the molecule is COc1cccc(C(=O)Oc2ccc(/C=C(\C#N)C(N)=O)cc2OC)c1. The van der Waals surface area contributed by atoms with Gasteiger partial charge in [0.2, 0.25) is 0 Å². The Morgan fingerprint density at radius 2 is 1.85 bits per heavy atom. The largest absolute Gasteiger partial charge is 0.497 e. The molecule has 0 atom stereocenters. The Morgan fingerprint density at radius 1 is 1.08 bits per heavy atom. The van der Waals surface area contributed by atoms with E-state index in [0.29, 0.717) is 16.9 Å². The number of methoxy groups -OCH3 is 2. The smallest absolute Gasteiger partial charge is 0.343 e. The minimum Gasteiger partial charge on any atom is -0.497 e. The summed E-state index contributed by atoms with van der Waals surface area (Å²) in [6.07, 6.45) is 1.32. The second-order valence-corrected chi connectivity index (χ2v) is 5.07. The molecule has 0 bridgehead atoms. The Labute approximate surface area is 150 Å². The third-order valence-electron chi connectivity index (χ3n) is 3.39. The van der Waals surface area contributed by atoms with Crippen LogP contribution in [0.15, 0.2) is 48.0 Å². The fourth-order valence-electron chi connectivity index (χ4n) is 2.09. The lowest BCUT2D eigenvalue weighted by Gasteiger charge is -2.10. The zero-order chi connectivity index (χ0) is 19.1. The van der Waals surface area contributed by atoms with Crippen LogP contribution >= 0.6 is 0 Å². The molecule has 0 aliphatic heterocycles. The van der Waals surface area contributed by atoms with Crippen LogP contribution in [0.4, 0.5) is 0 Å². The van der Waals surface area contributed by atoms with Crippen LogP contribution in [0.5, 0.6) is 17.2 Å². The van der Waals surface area contributed by atoms with Crippen molar-refractivity contribution in [2.75, 3.05) is 14.2 Å². The predicted molar refractivity (Wildman–Crippen MR) is 93.7 cm³/mol. The van der Waals surface area contributed by atoms with Gasteiger partial charge in [-0.05, 0) is 42.0 Å². The lowest BCUT2D eigenvalue weighted by molar-refractivity contribution is -0.114. The summed E-state index contributed by atoms with van der Waals surface area (Å²) in [5.74, 6) is -0.436. The lowest BCUT2D eigenvalue weighted by Crippen LogP contribution is -2.12. The third kappa shape index (κ3) is 4.39. The van der Waals surface area contributed by atoms with Crippen LogP contribution in [0, 0.1) is 11.3 Å². The number of hydrogen-bond donors (Lipinski definition) is 1. The van der Waals surface area contributed by atoms with Crippen molar-refractivity contribution >= 4 is 18.0 Å². The van der Waals surface area contributed by atoms with E-state index < -0.39 is 11.9 Å². The Bertz CT molecular complexity index is 912. The zero-order valence-electron chi connectivity index (χ0n) is 14.2. The lowest BCUT2D eigenvalue weighted by atomic mass is 10.1. The third-order valence-corrected chi connectivity index (χ3v) is 3.39. The summed E-state index contributed by atoms with van der Waals surface area (Å²) in [4.78, 5) is 23.4. The number of carbonyl (C=O) groups is 2. The first kappa shape index (κ1) is 18.5. The second kappa shape index (κ2) is 8.35. The number of ether oxygens (including phenoxy) is 3. The van der Waals surface area contributed by atoms with Crippen molar-refractivity contribution in [3.8, 4) is 23.3 Å². The number of nitrogens with two attached hydrogens (primary N) is 1. The summed E-state index contributed by atoms with van der Waals surface area (Å²) in [5, 5.41) is 8.90. The molecule has 2 N–H and O–H groups in total. The van der Waals surface area contributed by atoms with Gasteiger partial charge in [0, 0.05) is 0 Å². The summed E-state index contributed by atoms with van der Waals surface area (Å²) in [7, 11) is 2.91. The van der Waals surface area contributed by atoms with Crippen molar-refractivity contribution in [3.63, 3.8) is 0 Å². The Balaban J connectivity index is 2.29. The molecule has 7 nitrogen and oxygen atoms in total. The summed E-state index contributed by atoms with van der Waals surface area (Å²) >= 11 is 0. The average molecular weight is 352 g/mol. The summed E-state index contributed by atoms with van der Waals surface area (Å²) in [6.45, 7) is 0. The fourth-order valence-corrected chi connectivity index (χ4v) is 2.09. The van der Waals surface area contributed by atoms with Gasteiger partial charge in [0.05, 0.1) is 19.8 Å². The minimum absolute atomic E-state index is 0.190. The van der Waals surface area contributed by atoms with E-state index >= 15 is 0 Å². The summed E-state index contributed by atoms with van der Waals surface area (Å²) in [6, 6.07) is 12.8. The standard InChI is InChI=1S/C19H16N2O5/c1-24-15-5-3-4-13(10-15)19(23)26-16-7-6-12(9-17(16)25-2)8-14(11-20)18(21)22/h3-10H,1-2H3,(H2,21,22)/b14-8+. The molecule has 0 radical (unpaired) electrons. The molecular weight excluding hydrogens is 336 g/mol. The molecule has 1 amide bonds. The summed E-state index contributed by atoms with van der Waals surface area (Å²) < 4.78 is 15.7. The molecule has 0 fully saturated rings. The monoisotopic (exact) mass is 352 g/mol. The van der Waals surface area contributed by atoms with Gasteiger partial charge in [0.15, 0.2) is 11.5 Å². The van der Waals surface area contributed by atoms with Crippen LogP contribution < -0.4 is 19.9 Å². The van der Waals surface area contributed by atoms with Crippen LogP contribution in [0.1, 0.15) is 15.9 Å². The van der Waals surface area contributed by atoms with Crippen molar-refractivity contribution in [3.05, 3.63) is 59.2 Å². The van der Waals surface area contributed by atoms with Gasteiger partial charge in [0.1, 0.15) is 17.4 Å². The van der Waals surface area contributed by atoms with E-state index in [4.69, 9.17) is 25.2 Å². The van der Waals surface area contributed by atoms with Gasteiger partial charge in [-0.25, -0.2) is 4.79 Å². The average Bonchev–Trinajstić information content (AvgIpc) is 2.66. The van der Waals surface area contributed by atoms with Crippen molar-refractivity contribution < 1.29 is 23.8 Å². The van der Waals surface area contributed by atoms with E-state index in [1.807, 2.05) is 0 Å². The molecular formula is C19H16N2O5. The number of primary amides is 1. The van der Waals surface area contributed by atoms with E-state index in [0.717, 1.165) is 0 Å². The number of esters is 1. The van der Waals surface area contributed by atoms with Crippen molar-refractivity contribution in [1.82, 2.24) is 0 Å². The predicted octanol–water partition coefficient (Wildman–Crippen LogP) is 2.32. The number of hydrogen-bond acceptors (Lipinski definition) is 6. The topological polar surface area (TPSA) is 112 Å². The van der Waals surface area contributed by atoms with Crippen molar-refractivity contribution in [2.45, 2.75) is 0 Å². The fraction of sp³-hybridized carbons (Fsp3) is 0.105. The quantitative estimate of drug-likeness (QED) is 0.369. The maximum absolute atomic E-state index is 12.3. The van der Waals surface area contributed by atoms with Crippen LogP contribution in [0.3, 0.4) is 0 Å². The molecule has 2 aromatic carbocycles. The molecule has 0 aliphatic rings. The van der Waals surface area contributed by atoms with Crippen LogP contribution in [0.25, 0.3) is 6.08 Å². The number of rotatable bonds is 6. The second-order valence-electron chi connectivity index (χ2n) is 5.07. The molecule has 26 heavy (non-hydrogen) atoms. The van der Waals surface area contributed by atoms with Gasteiger partial charge in [0.25, 0.3) is 5.91 Å². The van der Waals surface area contributed by atoms with Crippen LogP contribution in [-0.4, -0.2) is 26.1 Å². The highest BCUT2D eigenvalue weighted by Crippen LogP contribution is 2.30. The minimum atomic E-state index is -0.833. The number of nitrogens with zero attached hydrogens (tertiary/aromatic N) is 1. The first-order valence-electron chi connectivity index (χ1n) is 7.44. The molecule has 132 valence electrons. The van der Waals surface area contributed by atoms with Gasteiger partial charge in [-0.3, -0.25) is 4.79 Å². The summed E-state index contributed by atoms with van der Waals surface area (Å²) in [5.41, 5.74) is 5.72.